The fourth-order valence-corrected chi connectivity index (χ4v) is 1.66. The van der Waals surface area contributed by atoms with Gasteiger partial charge in [0.25, 0.3) is 5.69 Å². The Bertz CT molecular complexity index is 674. The van der Waals surface area contributed by atoms with Crippen LogP contribution in [0.2, 0.25) is 0 Å². The zero-order valence-electron chi connectivity index (χ0n) is 10.4. The van der Waals surface area contributed by atoms with Crippen molar-refractivity contribution < 1.29 is 10.0 Å². The van der Waals surface area contributed by atoms with Crippen LogP contribution in [-0.2, 0) is 6.54 Å². The molecule has 0 fully saturated rings. The van der Waals surface area contributed by atoms with Gasteiger partial charge in [0.1, 0.15) is 6.07 Å². The van der Waals surface area contributed by atoms with Gasteiger partial charge in [-0.15, -0.1) is 0 Å². The Morgan fingerprint density at radius 3 is 3.00 bits per heavy atom. The third-order valence-corrected chi connectivity index (χ3v) is 2.58. The molecule has 0 aliphatic heterocycles. The molecule has 0 saturated carbocycles. The summed E-state index contributed by atoms with van der Waals surface area (Å²) in [6.07, 6.45) is 3.21. The highest BCUT2D eigenvalue weighted by Crippen LogP contribution is 2.24. The average molecular weight is 273 g/mol. The molecule has 0 amide bonds. The van der Waals surface area contributed by atoms with E-state index in [1.54, 1.807) is 10.9 Å². The number of rotatable bonds is 5. The standard InChI is InChI=1S/C12H11N5O3/c13-6-9-5-11(17(19)20)1-2-12(9)15-10-7-14-16(8-10)3-4-18/h1-2,5,7-8,15,18H,3-4H2. The van der Waals surface area contributed by atoms with E-state index in [1.807, 2.05) is 6.07 Å². The summed E-state index contributed by atoms with van der Waals surface area (Å²) in [5.41, 5.74) is 1.13. The minimum Gasteiger partial charge on any atom is -0.394 e. The summed E-state index contributed by atoms with van der Waals surface area (Å²) in [7, 11) is 0. The van der Waals surface area contributed by atoms with Gasteiger partial charge in [-0.25, -0.2) is 0 Å². The number of benzene rings is 1. The predicted molar refractivity (Wildman–Crippen MR) is 70.4 cm³/mol. The number of nitrogens with one attached hydrogen (secondary N) is 1. The van der Waals surface area contributed by atoms with Crippen molar-refractivity contribution >= 4 is 17.1 Å². The van der Waals surface area contributed by atoms with Gasteiger partial charge >= 0.3 is 0 Å². The second kappa shape index (κ2) is 5.81. The van der Waals surface area contributed by atoms with E-state index in [1.165, 1.54) is 24.4 Å². The predicted octanol–water partition coefficient (Wildman–Crippen LogP) is 1.40. The van der Waals surface area contributed by atoms with Crippen LogP contribution < -0.4 is 5.32 Å². The number of hydrogen-bond acceptors (Lipinski definition) is 6. The lowest BCUT2D eigenvalue weighted by Gasteiger charge is -2.05. The Morgan fingerprint density at radius 1 is 1.55 bits per heavy atom. The molecule has 0 saturated heterocycles. The van der Waals surface area contributed by atoms with Gasteiger partial charge in [0.2, 0.25) is 0 Å². The Morgan fingerprint density at radius 2 is 2.35 bits per heavy atom. The van der Waals surface area contributed by atoms with E-state index in [-0.39, 0.29) is 17.9 Å². The maximum Gasteiger partial charge on any atom is 0.270 e. The van der Waals surface area contributed by atoms with Crippen LogP contribution in [0.3, 0.4) is 0 Å². The topological polar surface area (TPSA) is 117 Å². The van der Waals surface area contributed by atoms with Crippen molar-refractivity contribution in [2.75, 3.05) is 11.9 Å². The van der Waals surface area contributed by atoms with Gasteiger partial charge in [-0.2, -0.15) is 10.4 Å². The van der Waals surface area contributed by atoms with E-state index in [4.69, 9.17) is 10.4 Å². The number of aliphatic hydroxyl groups is 1. The molecule has 1 aromatic heterocycles. The SMILES string of the molecule is N#Cc1cc([N+](=O)[O-])ccc1Nc1cnn(CCO)c1. The van der Waals surface area contributed by atoms with E-state index >= 15 is 0 Å². The first kappa shape index (κ1) is 13.5. The molecule has 0 aliphatic carbocycles. The quantitative estimate of drug-likeness (QED) is 0.628. The monoisotopic (exact) mass is 273 g/mol. The number of non-ortho nitro benzene ring substituents is 1. The zero-order valence-corrected chi connectivity index (χ0v) is 10.4. The van der Waals surface area contributed by atoms with Gasteiger partial charge in [-0.3, -0.25) is 14.8 Å². The number of nitro groups is 1. The Balaban J connectivity index is 2.24. The maximum atomic E-state index is 10.7. The highest BCUT2D eigenvalue weighted by atomic mass is 16.6. The number of nitro benzene ring substituents is 1. The summed E-state index contributed by atoms with van der Waals surface area (Å²) < 4.78 is 1.54. The maximum absolute atomic E-state index is 10.7. The summed E-state index contributed by atoms with van der Waals surface area (Å²) in [4.78, 5) is 10.1. The van der Waals surface area contributed by atoms with Crippen LogP contribution in [0, 0.1) is 21.4 Å². The highest BCUT2D eigenvalue weighted by molar-refractivity contribution is 5.67. The van der Waals surface area contributed by atoms with Crippen molar-refractivity contribution in [3.8, 4) is 6.07 Å². The first-order valence-electron chi connectivity index (χ1n) is 5.73. The lowest BCUT2D eigenvalue weighted by molar-refractivity contribution is -0.384. The van der Waals surface area contributed by atoms with Gasteiger partial charge in [0, 0.05) is 18.3 Å². The summed E-state index contributed by atoms with van der Waals surface area (Å²) in [5.74, 6) is 0. The van der Waals surface area contributed by atoms with Crippen LogP contribution >= 0.6 is 0 Å². The fourth-order valence-electron chi connectivity index (χ4n) is 1.66. The Hall–Kier alpha value is -2.92. The Labute approximate surface area is 114 Å². The molecule has 8 heteroatoms. The van der Waals surface area contributed by atoms with Gasteiger partial charge in [-0.05, 0) is 6.07 Å². The lowest BCUT2D eigenvalue weighted by atomic mass is 10.1. The van der Waals surface area contributed by atoms with Crippen LogP contribution in [0.4, 0.5) is 17.1 Å². The molecule has 0 aliphatic rings. The molecule has 0 atom stereocenters. The summed E-state index contributed by atoms with van der Waals surface area (Å²) in [6, 6.07) is 5.91. The lowest BCUT2D eigenvalue weighted by Crippen LogP contribution is -2.01. The zero-order chi connectivity index (χ0) is 14.5. The van der Waals surface area contributed by atoms with Crippen LogP contribution in [0.1, 0.15) is 5.56 Å². The largest absolute Gasteiger partial charge is 0.394 e. The van der Waals surface area contributed by atoms with Crippen molar-refractivity contribution in [3.05, 3.63) is 46.3 Å². The number of hydrogen-bond donors (Lipinski definition) is 2. The fraction of sp³-hybridized carbons (Fsp3) is 0.167. The second-order valence-electron chi connectivity index (χ2n) is 3.94. The molecule has 8 nitrogen and oxygen atoms in total. The van der Waals surface area contributed by atoms with E-state index in [0.29, 0.717) is 17.9 Å². The van der Waals surface area contributed by atoms with Crippen LogP contribution in [0.5, 0.6) is 0 Å². The molecular formula is C12H11N5O3. The van der Waals surface area contributed by atoms with Crippen molar-refractivity contribution in [2.45, 2.75) is 6.54 Å². The summed E-state index contributed by atoms with van der Waals surface area (Å²) >= 11 is 0. The van der Waals surface area contributed by atoms with Crippen LogP contribution in [-0.4, -0.2) is 26.4 Å². The van der Waals surface area contributed by atoms with E-state index < -0.39 is 4.92 Å². The molecular weight excluding hydrogens is 262 g/mol. The van der Waals surface area contributed by atoms with Gasteiger partial charge in [0.15, 0.2) is 0 Å². The summed E-state index contributed by atoms with van der Waals surface area (Å²) in [6.45, 7) is 0.342. The molecule has 1 heterocycles. The van der Waals surface area contributed by atoms with Crippen LogP contribution in [0.25, 0.3) is 0 Å². The normalized spacial score (nSPS) is 10.0. The minimum atomic E-state index is -0.552. The van der Waals surface area contributed by atoms with E-state index in [0.717, 1.165) is 0 Å². The number of nitrogens with zero attached hydrogens (tertiary/aromatic N) is 4. The highest BCUT2D eigenvalue weighted by Gasteiger charge is 2.11. The number of nitriles is 1. The molecule has 0 radical (unpaired) electrons. The molecule has 2 rings (SSSR count). The van der Waals surface area contributed by atoms with Gasteiger partial charge < -0.3 is 10.4 Å². The van der Waals surface area contributed by atoms with Gasteiger partial charge in [-0.1, -0.05) is 0 Å². The first-order chi connectivity index (χ1) is 9.63. The molecule has 0 spiro atoms. The smallest absolute Gasteiger partial charge is 0.270 e. The number of aromatic nitrogens is 2. The second-order valence-corrected chi connectivity index (χ2v) is 3.94. The van der Waals surface area contributed by atoms with E-state index in [9.17, 15) is 10.1 Å². The number of anilines is 2. The van der Waals surface area contributed by atoms with Gasteiger partial charge in [0.05, 0.1) is 41.2 Å². The van der Waals surface area contributed by atoms with E-state index in [2.05, 4.69) is 10.4 Å². The first-order valence-corrected chi connectivity index (χ1v) is 5.73. The average Bonchev–Trinajstić information content (AvgIpc) is 2.87. The minimum absolute atomic E-state index is 0.0257. The van der Waals surface area contributed by atoms with Crippen molar-refractivity contribution in [3.63, 3.8) is 0 Å². The molecule has 2 aromatic rings. The molecule has 102 valence electrons. The number of aliphatic hydroxyl groups excluding tert-OH is 1. The van der Waals surface area contributed by atoms with Crippen molar-refractivity contribution in [1.29, 1.82) is 5.26 Å². The third-order valence-electron chi connectivity index (χ3n) is 2.58. The van der Waals surface area contributed by atoms with Crippen molar-refractivity contribution in [1.82, 2.24) is 9.78 Å². The molecule has 2 N–H and O–H groups in total. The molecule has 20 heavy (non-hydrogen) atoms. The summed E-state index contributed by atoms with van der Waals surface area (Å²) in [5, 5.41) is 35.4. The molecule has 0 unspecified atom stereocenters. The molecule has 1 aromatic carbocycles. The Kier molecular flexibility index (Phi) is 3.93. The molecule has 0 bridgehead atoms. The third kappa shape index (κ3) is 2.90. The van der Waals surface area contributed by atoms with Crippen molar-refractivity contribution in [2.24, 2.45) is 0 Å². The van der Waals surface area contributed by atoms with Crippen LogP contribution in [0.15, 0.2) is 30.6 Å².